The Hall–Kier alpha value is -0.410. The van der Waals surface area contributed by atoms with Crippen LogP contribution >= 0.6 is 0 Å². The summed E-state index contributed by atoms with van der Waals surface area (Å²) in [6.07, 6.45) is 3.62. The number of carbonyl (C=O) groups excluding carboxylic acids is 1. The molecule has 1 fully saturated rings. The first-order valence-corrected chi connectivity index (χ1v) is 5.44. The van der Waals surface area contributed by atoms with Crippen LogP contribution in [0.2, 0.25) is 0 Å². The van der Waals surface area contributed by atoms with Crippen LogP contribution in [0.1, 0.15) is 46.0 Å². The zero-order valence-corrected chi connectivity index (χ0v) is 9.08. The molecule has 0 unspecified atom stereocenters. The molecule has 0 heterocycles. The van der Waals surface area contributed by atoms with Gasteiger partial charge in [-0.3, -0.25) is 4.79 Å². The minimum Gasteiger partial charge on any atom is -0.365 e. The summed E-state index contributed by atoms with van der Waals surface area (Å²) in [6.45, 7) is 4.24. The van der Waals surface area contributed by atoms with Crippen molar-refractivity contribution in [2.45, 2.75) is 51.7 Å². The molecule has 0 amide bonds. The van der Waals surface area contributed by atoms with Crippen molar-refractivity contribution in [2.24, 2.45) is 5.92 Å². The van der Waals surface area contributed by atoms with Gasteiger partial charge in [0.25, 0.3) is 0 Å². The lowest BCUT2D eigenvalue weighted by molar-refractivity contribution is -0.224. The number of aliphatic hydroxyl groups is 1. The molecular formula is C11H20O3. The van der Waals surface area contributed by atoms with E-state index in [1.54, 1.807) is 6.92 Å². The fourth-order valence-electron chi connectivity index (χ4n) is 1.91. The Labute approximate surface area is 85.5 Å². The predicted molar refractivity (Wildman–Crippen MR) is 53.8 cm³/mol. The van der Waals surface area contributed by atoms with Gasteiger partial charge in [0.05, 0.1) is 0 Å². The van der Waals surface area contributed by atoms with E-state index in [4.69, 9.17) is 4.74 Å². The van der Waals surface area contributed by atoms with Crippen LogP contribution in [0.5, 0.6) is 0 Å². The molecule has 0 aromatic heterocycles. The van der Waals surface area contributed by atoms with Crippen LogP contribution < -0.4 is 0 Å². The third kappa shape index (κ3) is 3.07. The summed E-state index contributed by atoms with van der Waals surface area (Å²) >= 11 is 0. The summed E-state index contributed by atoms with van der Waals surface area (Å²) in [5.74, 6) is -0.579. The largest absolute Gasteiger partial charge is 0.365 e. The molecule has 3 heteroatoms. The summed E-state index contributed by atoms with van der Waals surface area (Å²) in [6, 6.07) is 0. The second kappa shape index (κ2) is 4.89. The Morgan fingerprint density at radius 1 is 1.50 bits per heavy atom. The van der Waals surface area contributed by atoms with Crippen LogP contribution in [-0.4, -0.2) is 23.3 Å². The highest BCUT2D eigenvalue weighted by atomic mass is 16.6. The van der Waals surface area contributed by atoms with Crippen molar-refractivity contribution in [1.82, 2.24) is 0 Å². The minimum atomic E-state index is -0.956. The number of rotatable bonds is 4. The predicted octanol–water partition coefficient (Wildman–Crippen LogP) is 1.88. The monoisotopic (exact) mass is 200 g/mol. The van der Waals surface area contributed by atoms with Gasteiger partial charge in [-0.2, -0.15) is 0 Å². The van der Waals surface area contributed by atoms with Crippen molar-refractivity contribution in [3.63, 3.8) is 0 Å². The van der Waals surface area contributed by atoms with Crippen molar-refractivity contribution in [3.8, 4) is 0 Å². The second-order valence-electron chi connectivity index (χ2n) is 4.18. The first-order chi connectivity index (χ1) is 6.57. The standard InChI is InChI=1S/C11H20O3/c1-3-8-14-11(13)6-4-10(5-7-11)9(2)12/h10,13H,3-8H2,1-2H3. The van der Waals surface area contributed by atoms with E-state index in [-0.39, 0.29) is 11.7 Å². The van der Waals surface area contributed by atoms with E-state index in [9.17, 15) is 9.90 Å². The number of hydrogen-bond acceptors (Lipinski definition) is 3. The van der Waals surface area contributed by atoms with Crippen LogP contribution in [0.3, 0.4) is 0 Å². The summed E-state index contributed by atoms with van der Waals surface area (Å²) < 4.78 is 5.39. The summed E-state index contributed by atoms with van der Waals surface area (Å²) in [4.78, 5) is 11.1. The molecule has 0 atom stereocenters. The molecule has 3 nitrogen and oxygen atoms in total. The molecule has 0 aromatic rings. The molecule has 82 valence electrons. The van der Waals surface area contributed by atoms with E-state index in [2.05, 4.69) is 0 Å². The highest BCUT2D eigenvalue weighted by Crippen LogP contribution is 2.33. The SMILES string of the molecule is CCCOC1(O)CCC(C(C)=O)CC1. The highest BCUT2D eigenvalue weighted by Gasteiger charge is 2.35. The average molecular weight is 200 g/mol. The topological polar surface area (TPSA) is 46.5 Å². The molecule has 1 saturated carbocycles. The lowest BCUT2D eigenvalue weighted by atomic mass is 9.83. The molecule has 1 aliphatic rings. The highest BCUT2D eigenvalue weighted by molar-refractivity contribution is 5.78. The Morgan fingerprint density at radius 2 is 2.07 bits per heavy atom. The molecule has 0 bridgehead atoms. The Kier molecular flexibility index (Phi) is 4.08. The quantitative estimate of drug-likeness (QED) is 0.705. The van der Waals surface area contributed by atoms with Gasteiger partial charge in [0, 0.05) is 25.4 Å². The average Bonchev–Trinajstić information content (AvgIpc) is 2.16. The maximum Gasteiger partial charge on any atom is 0.165 e. The molecule has 1 N–H and O–H groups in total. The first kappa shape index (κ1) is 11.7. The van der Waals surface area contributed by atoms with Gasteiger partial charge in [-0.25, -0.2) is 0 Å². The lowest BCUT2D eigenvalue weighted by Gasteiger charge is -2.34. The number of hydrogen-bond donors (Lipinski definition) is 1. The number of ketones is 1. The van der Waals surface area contributed by atoms with E-state index in [0.717, 1.165) is 19.3 Å². The van der Waals surface area contributed by atoms with E-state index < -0.39 is 5.79 Å². The number of carbonyl (C=O) groups is 1. The Morgan fingerprint density at radius 3 is 2.50 bits per heavy atom. The molecule has 0 aliphatic heterocycles. The summed E-state index contributed by atoms with van der Waals surface area (Å²) in [7, 11) is 0. The first-order valence-electron chi connectivity index (χ1n) is 5.44. The van der Waals surface area contributed by atoms with E-state index in [1.807, 2.05) is 6.92 Å². The molecule has 0 saturated heterocycles. The normalized spacial score (nSPS) is 32.9. The summed E-state index contributed by atoms with van der Waals surface area (Å²) in [5.41, 5.74) is 0. The van der Waals surface area contributed by atoms with Gasteiger partial charge in [0.15, 0.2) is 5.79 Å². The van der Waals surface area contributed by atoms with Crippen LogP contribution in [0.15, 0.2) is 0 Å². The zero-order chi connectivity index (χ0) is 10.6. The van der Waals surface area contributed by atoms with Gasteiger partial charge in [-0.05, 0) is 26.2 Å². The molecule has 1 aliphatic carbocycles. The Balaban J connectivity index is 2.36. The maximum absolute atomic E-state index is 11.1. The van der Waals surface area contributed by atoms with Crippen molar-refractivity contribution in [2.75, 3.05) is 6.61 Å². The van der Waals surface area contributed by atoms with E-state index in [0.29, 0.717) is 19.4 Å². The molecule has 0 spiro atoms. The molecular weight excluding hydrogens is 180 g/mol. The van der Waals surface area contributed by atoms with Gasteiger partial charge in [0.2, 0.25) is 0 Å². The van der Waals surface area contributed by atoms with E-state index in [1.165, 1.54) is 0 Å². The van der Waals surface area contributed by atoms with E-state index >= 15 is 0 Å². The molecule has 1 rings (SSSR count). The molecule has 0 radical (unpaired) electrons. The molecule has 0 aromatic carbocycles. The fraction of sp³-hybridized carbons (Fsp3) is 0.909. The third-order valence-corrected chi connectivity index (χ3v) is 2.92. The second-order valence-corrected chi connectivity index (χ2v) is 4.18. The smallest absolute Gasteiger partial charge is 0.165 e. The van der Waals surface area contributed by atoms with Gasteiger partial charge in [0.1, 0.15) is 5.78 Å². The van der Waals surface area contributed by atoms with Crippen LogP contribution in [0, 0.1) is 5.92 Å². The van der Waals surface area contributed by atoms with Crippen molar-refractivity contribution >= 4 is 5.78 Å². The van der Waals surface area contributed by atoms with Crippen molar-refractivity contribution in [3.05, 3.63) is 0 Å². The van der Waals surface area contributed by atoms with Gasteiger partial charge in [-0.15, -0.1) is 0 Å². The number of Topliss-reactive ketones (excluding diaryl/α,β-unsaturated/α-hetero) is 1. The minimum absolute atomic E-state index is 0.139. The Bertz CT molecular complexity index is 193. The molecule has 14 heavy (non-hydrogen) atoms. The summed E-state index contributed by atoms with van der Waals surface area (Å²) in [5, 5.41) is 9.97. The van der Waals surface area contributed by atoms with Crippen LogP contribution in [-0.2, 0) is 9.53 Å². The maximum atomic E-state index is 11.1. The van der Waals surface area contributed by atoms with Gasteiger partial charge in [-0.1, -0.05) is 6.92 Å². The van der Waals surface area contributed by atoms with Crippen molar-refractivity contribution < 1.29 is 14.6 Å². The van der Waals surface area contributed by atoms with Crippen LogP contribution in [0.25, 0.3) is 0 Å². The lowest BCUT2D eigenvalue weighted by Crippen LogP contribution is -2.38. The van der Waals surface area contributed by atoms with Gasteiger partial charge < -0.3 is 9.84 Å². The zero-order valence-electron chi connectivity index (χ0n) is 9.08. The van der Waals surface area contributed by atoms with Crippen molar-refractivity contribution in [1.29, 1.82) is 0 Å². The van der Waals surface area contributed by atoms with Crippen LogP contribution in [0.4, 0.5) is 0 Å². The fourth-order valence-corrected chi connectivity index (χ4v) is 1.91. The number of ether oxygens (including phenoxy) is 1. The van der Waals surface area contributed by atoms with Gasteiger partial charge >= 0.3 is 0 Å². The third-order valence-electron chi connectivity index (χ3n) is 2.92.